The Morgan fingerprint density at radius 1 is 1.08 bits per heavy atom. The highest BCUT2D eigenvalue weighted by atomic mass is 16.5. The Hall–Kier alpha value is -3.69. The molecule has 5 rings (SSSR count). The zero-order valence-corrected chi connectivity index (χ0v) is 21.8. The quantitative estimate of drug-likeness (QED) is 0.309. The number of anilines is 2. The van der Waals surface area contributed by atoms with Crippen molar-refractivity contribution in [1.82, 2.24) is 24.6 Å². The van der Waals surface area contributed by atoms with Gasteiger partial charge in [0.15, 0.2) is 11.5 Å². The largest absolute Gasteiger partial charge is 0.379 e. The van der Waals surface area contributed by atoms with Crippen LogP contribution in [0.4, 0.5) is 16.3 Å². The van der Waals surface area contributed by atoms with Gasteiger partial charge in [0.05, 0.1) is 36.1 Å². The molecule has 1 aliphatic heterocycles. The van der Waals surface area contributed by atoms with Crippen LogP contribution in [0, 0.1) is 13.8 Å². The van der Waals surface area contributed by atoms with E-state index < -0.39 is 0 Å². The van der Waals surface area contributed by atoms with Gasteiger partial charge >= 0.3 is 6.03 Å². The number of morpholine rings is 1. The fraction of sp³-hybridized carbons (Fsp3) is 0.393. The minimum absolute atomic E-state index is 0.211. The molecule has 9 heteroatoms. The molecule has 2 aromatic carbocycles. The van der Waals surface area contributed by atoms with Crippen molar-refractivity contribution in [2.75, 3.05) is 56.6 Å². The number of aromatic nitrogens is 3. The predicted octanol–water partition coefficient (Wildman–Crippen LogP) is 4.44. The van der Waals surface area contributed by atoms with Gasteiger partial charge in [-0.15, -0.1) is 0 Å². The average molecular weight is 502 g/mol. The standard InChI is InChI=1S/C28H35N7O2/c1-4-29-28(36)32-22-8-6-21(7-9-22)25-18-31-27-26(30-10-5-11-34-12-14-37-15-13-34)33-23-16-19(2)20(3)17-24(23)35(25)27/h6-9,16-18H,4-5,10-15H2,1-3H3,(H,30,33)(H2,29,32,36). The van der Waals surface area contributed by atoms with Crippen LogP contribution < -0.4 is 16.0 Å². The molecule has 1 fully saturated rings. The number of nitrogens with one attached hydrogen (secondary N) is 3. The number of hydrogen-bond acceptors (Lipinski definition) is 6. The van der Waals surface area contributed by atoms with Crippen LogP contribution in [0.2, 0.25) is 0 Å². The number of hydrogen-bond donors (Lipinski definition) is 3. The Morgan fingerprint density at radius 3 is 2.59 bits per heavy atom. The first kappa shape index (κ1) is 25.0. The van der Waals surface area contributed by atoms with Gasteiger partial charge in [-0.3, -0.25) is 9.30 Å². The second-order valence-corrected chi connectivity index (χ2v) is 9.48. The SMILES string of the molecule is CCNC(=O)Nc1ccc(-c2cnc3c(NCCCN4CCOCC4)nc4cc(C)c(C)cc4n23)cc1. The third-order valence-corrected chi connectivity index (χ3v) is 6.86. The van der Waals surface area contributed by atoms with Gasteiger partial charge in [0.2, 0.25) is 0 Å². The second-order valence-electron chi connectivity index (χ2n) is 9.48. The molecule has 2 amide bonds. The summed E-state index contributed by atoms with van der Waals surface area (Å²) in [5.41, 5.74) is 7.91. The summed E-state index contributed by atoms with van der Waals surface area (Å²) in [7, 11) is 0. The van der Waals surface area contributed by atoms with E-state index in [2.05, 4.69) is 51.2 Å². The Labute approximate surface area is 217 Å². The number of nitrogens with zero attached hydrogens (tertiary/aromatic N) is 4. The summed E-state index contributed by atoms with van der Waals surface area (Å²) in [6.07, 6.45) is 2.92. The van der Waals surface area contributed by atoms with Crippen molar-refractivity contribution in [3.05, 3.63) is 53.7 Å². The van der Waals surface area contributed by atoms with Crippen LogP contribution in [-0.2, 0) is 4.74 Å². The van der Waals surface area contributed by atoms with Crippen LogP contribution in [0.5, 0.6) is 0 Å². The number of urea groups is 1. The first-order valence-corrected chi connectivity index (χ1v) is 13.0. The van der Waals surface area contributed by atoms with E-state index in [-0.39, 0.29) is 6.03 Å². The maximum Gasteiger partial charge on any atom is 0.319 e. The molecular formula is C28H35N7O2. The summed E-state index contributed by atoms with van der Waals surface area (Å²) >= 11 is 0. The van der Waals surface area contributed by atoms with E-state index in [1.807, 2.05) is 37.4 Å². The molecule has 4 aromatic rings. The van der Waals surface area contributed by atoms with Crippen LogP contribution in [0.25, 0.3) is 27.9 Å². The zero-order valence-electron chi connectivity index (χ0n) is 21.8. The third-order valence-electron chi connectivity index (χ3n) is 6.86. The maximum absolute atomic E-state index is 11.9. The van der Waals surface area contributed by atoms with Gasteiger partial charge in [0, 0.05) is 37.4 Å². The number of imidazole rings is 1. The lowest BCUT2D eigenvalue weighted by molar-refractivity contribution is 0.0378. The third kappa shape index (κ3) is 5.52. The van der Waals surface area contributed by atoms with Crippen molar-refractivity contribution in [2.24, 2.45) is 0 Å². The molecule has 2 aromatic heterocycles. The summed E-state index contributed by atoms with van der Waals surface area (Å²) in [5.74, 6) is 0.790. The highest BCUT2D eigenvalue weighted by Crippen LogP contribution is 2.30. The lowest BCUT2D eigenvalue weighted by atomic mass is 10.1. The van der Waals surface area contributed by atoms with Crippen LogP contribution in [0.15, 0.2) is 42.6 Å². The minimum Gasteiger partial charge on any atom is -0.379 e. The molecule has 0 bridgehead atoms. The fourth-order valence-electron chi connectivity index (χ4n) is 4.70. The number of benzene rings is 2. The summed E-state index contributed by atoms with van der Waals surface area (Å²) in [5, 5.41) is 9.16. The van der Waals surface area contributed by atoms with Crippen molar-refractivity contribution in [3.63, 3.8) is 0 Å². The van der Waals surface area contributed by atoms with Crippen LogP contribution in [-0.4, -0.2) is 71.2 Å². The number of amides is 2. The first-order chi connectivity index (χ1) is 18.0. The van der Waals surface area contributed by atoms with E-state index in [0.717, 1.165) is 85.3 Å². The van der Waals surface area contributed by atoms with Gasteiger partial charge in [0.25, 0.3) is 0 Å². The first-order valence-electron chi connectivity index (χ1n) is 13.0. The van der Waals surface area contributed by atoms with E-state index in [1.165, 1.54) is 11.1 Å². The molecule has 0 unspecified atom stereocenters. The van der Waals surface area contributed by atoms with Gasteiger partial charge in [-0.25, -0.2) is 14.8 Å². The van der Waals surface area contributed by atoms with Crippen molar-refractivity contribution in [2.45, 2.75) is 27.2 Å². The molecule has 0 saturated carbocycles. The number of carbonyl (C=O) groups is 1. The molecular weight excluding hydrogens is 466 g/mol. The highest BCUT2D eigenvalue weighted by Gasteiger charge is 2.16. The molecule has 0 radical (unpaired) electrons. The second kappa shape index (κ2) is 11.1. The molecule has 0 atom stereocenters. The highest BCUT2D eigenvalue weighted by molar-refractivity contribution is 5.90. The summed E-state index contributed by atoms with van der Waals surface area (Å²) < 4.78 is 7.64. The van der Waals surface area contributed by atoms with Gasteiger partial charge < -0.3 is 20.7 Å². The molecule has 0 spiro atoms. The van der Waals surface area contributed by atoms with Gasteiger partial charge in [-0.05, 0) is 69.1 Å². The smallest absolute Gasteiger partial charge is 0.319 e. The van der Waals surface area contributed by atoms with E-state index in [9.17, 15) is 4.79 Å². The number of aryl methyl sites for hydroxylation is 2. The molecule has 37 heavy (non-hydrogen) atoms. The Bertz CT molecular complexity index is 1390. The lowest BCUT2D eigenvalue weighted by Gasteiger charge is -2.26. The lowest BCUT2D eigenvalue weighted by Crippen LogP contribution is -2.37. The number of rotatable bonds is 8. The van der Waals surface area contributed by atoms with Crippen molar-refractivity contribution in [3.8, 4) is 11.3 Å². The normalized spacial score (nSPS) is 14.2. The summed E-state index contributed by atoms with van der Waals surface area (Å²) in [4.78, 5) is 24.1. The summed E-state index contributed by atoms with van der Waals surface area (Å²) in [6.45, 7) is 12.2. The average Bonchev–Trinajstić information content (AvgIpc) is 3.34. The molecule has 9 nitrogen and oxygen atoms in total. The molecule has 1 saturated heterocycles. The van der Waals surface area contributed by atoms with Gasteiger partial charge in [-0.1, -0.05) is 12.1 Å². The Morgan fingerprint density at radius 2 is 1.84 bits per heavy atom. The summed E-state index contributed by atoms with van der Waals surface area (Å²) in [6, 6.07) is 12.0. The molecule has 3 N–H and O–H groups in total. The van der Waals surface area contributed by atoms with Gasteiger partial charge in [-0.2, -0.15) is 0 Å². The maximum atomic E-state index is 11.9. The van der Waals surface area contributed by atoms with Gasteiger partial charge in [0.1, 0.15) is 0 Å². The number of ether oxygens (including phenoxy) is 1. The van der Waals surface area contributed by atoms with Crippen LogP contribution in [0.3, 0.4) is 0 Å². The van der Waals surface area contributed by atoms with Crippen LogP contribution >= 0.6 is 0 Å². The monoisotopic (exact) mass is 501 g/mol. The van der Waals surface area contributed by atoms with E-state index in [1.54, 1.807) is 0 Å². The van der Waals surface area contributed by atoms with E-state index >= 15 is 0 Å². The minimum atomic E-state index is -0.211. The predicted molar refractivity (Wildman–Crippen MR) is 148 cm³/mol. The van der Waals surface area contributed by atoms with E-state index in [0.29, 0.717) is 6.54 Å². The topological polar surface area (TPSA) is 95.8 Å². The number of carbonyl (C=O) groups excluding carboxylic acids is 1. The van der Waals surface area contributed by atoms with E-state index in [4.69, 9.17) is 14.7 Å². The molecule has 194 valence electrons. The Kier molecular flexibility index (Phi) is 7.52. The fourth-order valence-corrected chi connectivity index (χ4v) is 4.70. The molecule has 0 aliphatic carbocycles. The van der Waals surface area contributed by atoms with Crippen molar-refractivity contribution < 1.29 is 9.53 Å². The van der Waals surface area contributed by atoms with Crippen LogP contribution in [0.1, 0.15) is 24.5 Å². The van der Waals surface area contributed by atoms with Crippen molar-refractivity contribution in [1.29, 1.82) is 0 Å². The zero-order chi connectivity index (χ0) is 25.8. The van der Waals surface area contributed by atoms with Crippen molar-refractivity contribution >= 4 is 34.2 Å². The molecule has 3 heterocycles. The molecule has 1 aliphatic rings. The number of fused-ring (bicyclic) bond motifs is 3. The Balaban J connectivity index is 1.45.